The smallest absolute Gasteiger partial charge is 0.228 e. The zero-order chi connectivity index (χ0) is 22.9. The van der Waals surface area contributed by atoms with Crippen molar-refractivity contribution in [2.24, 2.45) is 0 Å². The van der Waals surface area contributed by atoms with Crippen molar-refractivity contribution in [3.63, 3.8) is 0 Å². The quantitative estimate of drug-likeness (QED) is 0.407. The minimum Gasteiger partial charge on any atom is -0.497 e. The van der Waals surface area contributed by atoms with Crippen molar-refractivity contribution in [2.75, 3.05) is 19.5 Å². The number of anilines is 1. The molecular weight excluding hydrogens is 418 g/mol. The number of methoxy groups -OCH3 is 2. The highest BCUT2D eigenvalue weighted by Crippen LogP contribution is 2.43. The molecule has 3 aromatic carbocycles. The fourth-order valence-corrected chi connectivity index (χ4v) is 4.11. The molecule has 0 atom stereocenters. The highest BCUT2D eigenvalue weighted by atomic mass is 16.5. The van der Waals surface area contributed by atoms with Gasteiger partial charge in [-0.25, -0.2) is 0 Å². The van der Waals surface area contributed by atoms with Gasteiger partial charge in [0.15, 0.2) is 5.78 Å². The first-order chi connectivity index (χ1) is 16.1. The number of benzene rings is 3. The number of H-pyrrole nitrogens is 1. The summed E-state index contributed by atoms with van der Waals surface area (Å²) in [4.78, 5) is 26.2. The molecule has 0 spiro atoms. The number of nitrogens with one attached hydrogen (secondary N) is 2. The van der Waals surface area contributed by atoms with Crippen LogP contribution in [0.1, 0.15) is 21.5 Å². The average molecular weight is 439 g/mol. The molecule has 5 rings (SSSR count). The molecule has 1 amide bonds. The normalized spacial score (nSPS) is 11.6. The Morgan fingerprint density at radius 1 is 0.939 bits per heavy atom. The van der Waals surface area contributed by atoms with Gasteiger partial charge in [0.25, 0.3) is 0 Å². The zero-order valence-corrected chi connectivity index (χ0v) is 18.1. The van der Waals surface area contributed by atoms with Crippen molar-refractivity contribution in [3.05, 3.63) is 83.4 Å². The van der Waals surface area contributed by atoms with Crippen molar-refractivity contribution >= 4 is 17.4 Å². The van der Waals surface area contributed by atoms with Crippen LogP contribution in [0.5, 0.6) is 11.5 Å². The summed E-state index contributed by atoms with van der Waals surface area (Å²) in [5.41, 5.74) is 5.03. The second-order valence-electron chi connectivity index (χ2n) is 7.68. The summed E-state index contributed by atoms with van der Waals surface area (Å²) in [5, 5.41) is 10.3. The molecule has 1 aromatic heterocycles. The van der Waals surface area contributed by atoms with Crippen LogP contribution in [0.25, 0.3) is 22.5 Å². The van der Waals surface area contributed by atoms with Crippen LogP contribution in [0.2, 0.25) is 0 Å². The second-order valence-corrected chi connectivity index (χ2v) is 7.68. The highest BCUT2D eigenvalue weighted by Gasteiger charge is 2.34. The highest BCUT2D eigenvalue weighted by molar-refractivity contribution is 6.27. The maximum atomic E-state index is 13.5. The van der Waals surface area contributed by atoms with E-state index in [1.54, 1.807) is 20.3 Å². The molecule has 0 saturated carbocycles. The van der Waals surface area contributed by atoms with Gasteiger partial charge in [0.2, 0.25) is 5.91 Å². The Labute approximate surface area is 190 Å². The Kier molecular flexibility index (Phi) is 5.14. The first-order valence-electron chi connectivity index (χ1n) is 10.4. The summed E-state index contributed by atoms with van der Waals surface area (Å²) in [5.74, 6) is 1.03. The summed E-state index contributed by atoms with van der Waals surface area (Å²) in [6.07, 6.45) is 0.166. The number of carbonyl (C=O) groups excluding carboxylic acids is 2. The first-order valence-corrected chi connectivity index (χ1v) is 10.4. The molecule has 2 N–H and O–H groups in total. The Hall–Kier alpha value is -4.39. The van der Waals surface area contributed by atoms with Crippen LogP contribution >= 0.6 is 0 Å². The fourth-order valence-electron chi connectivity index (χ4n) is 4.11. The van der Waals surface area contributed by atoms with Gasteiger partial charge in [-0.3, -0.25) is 14.7 Å². The van der Waals surface area contributed by atoms with Crippen LogP contribution in [0, 0.1) is 0 Å². The van der Waals surface area contributed by atoms with Crippen LogP contribution < -0.4 is 14.8 Å². The van der Waals surface area contributed by atoms with E-state index in [1.807, 2.05) is 60.7 Å². The Morgan fingerprint density at radius 3 is 2.45 bits per heavy atom. The molecule has 7 nitrogen and oxygen atoms in total. The van der Waals surface area contributed by atoms with Crippen LogP contribution in [0.3, 0.4) is 0 Å². The molecule has 0 fully saturated rings. The molecule has 4 aromatic rings. The van der Waals surface area contributed by atoms with Gasteiger partial charge in [-0.05, 0) is 48.0 Å². The largest absolute Gasteiger partial charge is 0.497 e. The molecule has 1 aliphatic carbocycles. The van der Waals surface area contributed by atoms with E-state index in [-0.39, 0.29) is 18.1 Å². The predicted molar refractivity (Wildman–Crippen MR) is 125 cm³/mol. The van der Waals surface area contributed by atoms with Crippen molar-refractivity contribution in [1.29, 1.82) is 0 Å². The van der Waals surface area contributed by atoms with Crippen molar-refractivity contribution in [2.45, 2.75) is 6.42 Å². The lowest BCUT2D eigenvalue weighted by Crippen LogP contribution is -2.16. The third-order valence-electron chi connectivity index (χ3n) is 5.69. The zero-order valence-electron chi connectivity index (χ0n) is 18.1. The minimum atomic E-state index is -0.214. The Bertz CT molecular complexity index is 1370. The number of rotatable bonds is 6. The number of hydrogen-bond donors (Lipinski definition) is 2. The molecule has 1 heterocycles. The molecule has 33 heavy (non-hydrogen) atoms. The molecule has 7 heteroatoms. The standard InChI is InChI=1S/C26H21N3O4/c1-32-17-11-9-16(10-12-17)24-23-25(29-28-24)19-7-4-8-20(22(19)26(23)31)27-21(30)14-15-5-3-6-18(13-15)33-2/h3-13H,14H2,1-2H3,(H,27,30)(H,28,29). The summed E-state index contributed by atoms with van der Waals surface area (Å²) >= 11 is 0. The lowest BCUT2D eigenvalue weighted by atomic mass is 10.0. The van der Waals surface area contributed by atoms with Crippen LogP contribution in [-0.2, 0) is 11.2 Å². The summed E-state index contributed by atoms with van der Waals surface area (Å²) in [7, 11) is 3.19. The number of aromatic amines is 1. The van der Waals surface area contributed by atoms with Gasteiger partial charge in [-0.1, -0.05) is 24.3 Å². The van der Waals surface area contributed by atoms with Crippen LogP contribution in [0.4, 0.5) is 5.69 Å². The first kappa shape index (κ1) is 20.5. The molecule has 0 aliphatic heterocycles. The number of ether oxygens (including phenoxy) is 2. The van der Waals surface area contributed by atoms with E-state index in [0.29, 0.717) is 34.0 Å². The second kappa shape index (κ2) is 8.27. The maximum absolute atomic E-state index is 13.5. The summed E-state index contributed by atoms with van der Waals surface area (Å²) in [6, 6.07) is 20.1. The van der Waals surface area contributed by atoms with E-state index in [0.717, 1.165) is 22.4 Å². The number of carbonyl (C=O) groups is 2. The van der Waals surface area contributed by atoms with Crippen molar-refractivity contribution in [3.8, 4) is 34.0 Å². The van der Waals surface area contributed by atoms with E-state index in [9.17, 15) is 9.59 Å². The third kappa shape index (κ3) is 3.63. The van der Waals surface area contributed by atoms with E-state index in [2.05, 4.69) is 15.5 Å². The van der Waals surface area contributed by atoms with Gasteiger partial charge in [-0.15, -0.1) is 0 Å². The van der Waals surface area contributed by atoms with Gasteiger partial charge < -0.3 is 14.8 Å². The Balaban J connectivity index is 1.44. The lowest BCUT2D eigenvalue weighted by Gasteiger charge is -2.10. The van der Waals surface area contributed by atoms with Gasteiger partial charge in [0, 0.05) is 11.1 Å². The number of hydrogen-bond acceptors (Lipinski definition) is 5. The average Bonchev–Trinajstić information content (AvgIpc) is 3.39. The van der Waals surface area contributed by atoms with Gasteiger partial charge in [-0.2, -0.15) is 5.10 Å². The van der Waals surface area contributed by atoms with Crippen molar-refractivity contribution in [1.82, 2.24) is 10.2 Å². The number of fused-ring (bicyclic) bond motifs is 3. The minimum absolute atomic E-state index is 0.166. The summed E-state index contributed by atoms with van der Waals surface area (Å²) < 4.78 is 10.4. The molecule has 1 aliphatic rings. The molecule has 164 valence electrons. The van der Waals surface area contributed by atoms with E-state index >= 15 is 0 Å². The molecule has 0 unspecified atom stereocenters. The van der Waals surface area contributed by atoms with E-state index < -0.39 is 0 Å². The number of amides is 1. The molecule has 0 bridgehead atoms. The topological polar surface area (TPSA) is 93.3 Å². The fraction of sp³-hybridized carbons (Fsp3) is 0.115. The van der Waals surface area contributed by atoms with Gasteiger partial charge in [0.05, 0.1) is 43.1 Å². The molecular formula is C26H21N3O4. The molecule has 0 saturated heterocycles. The van der Waals surface area contributed by atoms with E-state index in [4.69, 9.17) is 9.47 Å². The SMILES string of the molecule is COc1ccc(-c2n[nH]c3c2C(=O)c2c(NC(=O)Cc4cccc(OC)c4)cccc2-3)cc1. The lowest BCUT2D eigenvalue weighted by molar-refractivity contribution is -0.115. The van der Waals surface area contributed by atoms with Gasteiger partial charge >= 0.3 is 0 Å². The summed E-state index contributed by atoms with van der Waals surface area (Å²) in [6.45, 7) is 0. The third-order valence-corrected chi connectivity index (χ3v) is 5.69. The van der Waals surface area contributed by atoms with E-state index in [1.165, 1.54) is 0 Å². The predicted octanol–water partition coefficient (Wildman–Crippen LogP) is 4.49. The van der Waals surface area contributed by atoms with Gasteiger partial charge in [0.1, 0.15) is 17.2 Å². The number of ketones is 1. The van der Waals surface area contributed by atoms with Crippen LogP contribution in [0.15, 0.2) is 66.7 Å². The number of nitrogens with zero attached hydrogens (tertiary/aromatic N) is 1. The monoisotopic (exact) mass is 439 g/mol. The number of aromatic nitrogens is 2. The Morgan fingerprint density at radius 2 is 1.70 bits per heavy atom. The molecule has 0 radical (unpaired) electrons. The van der Waals surface area contributed by atoms with Crippen molar-refractivity contribution < 1.29 is 19.1 Å². The maximum Gasteiger partial charge on any atom is 0.228 e. The van der Waals surface area contributed by atoms with Crippen LogP contribution in [-0.4, -0.2) is 36.1 Å².